The summed E-state index contributed by atoms with van der Waals surface area (Å²) in [7, 11) is -4.75. The number of phosphoric ester groups is 1. The maximum absolute atomic E-state index is 11.1. The Morgan fingerprint density at radius 3 is 2.59 bits per heavy atom. The molecule has 4 atom stereocenters. The summed E-state index contributed by atoms with van der Waals surface area (Å²) < 4.78 is 21.2. The molecule has 1 amide bonds. The van der Waals surface area contributed by atoms with E-state index in [2.05, 4.69) is 9.51 Å². The van der Waals surface area contributed by atoms with E-state index in [0.29, 0.717) is 0 Å². The predicted octanol–water partition coefficient (Wildman–Crippen LogP) is -2.71. The number of amides is 1. The van der Waals surface area contributed by atoms with Crippen LogP contribution in [0.1, 0.15) is 16.7 Å². The molecule has 0 spiro atoms. The monoisotopic (exact) mass is 338 g/mol. The van der Waals surface area contributed by atoms with Crippen molar-refractivity contribution in [2.45, 2.75) is 24.5 Å². The highest BCUT2D eigenvalue weighted by molar-refractivity contribution is 7.46. The molecule has 1 saturated heterocycles. The minimum atomic E-state index is -4.75. The molecular formula is C9H15N4O8P. The molecule has 8 N–H and O–H groups in total. The molecule has 0 saturated carbocycles. The van der Waals surface area contributed by atoms with Gasteiger partial charge in [0.2, 0.25) is 0 Å². The quantitative estimate of drug-likeness (QED) is 0.306. The van der Waals surface area contributed by atoms with Crippen LogP contribution in [0.15, 0.2) is 6.33 Å². The van der Waals surface area contributed by atoms with Gasteiger partial charge >= 0.3 is 7.82 Å². The van der Waals surface area contributed by atoms with Gasteiger partial charge in [-0.3, -0.25) is 13.9 Å². The van der Waals surface area contributed by atoms with Crippen molar-refractivity contribution in [2.24, 2.45) is 5.73 Å². The molecule has 1 aromatic rings. The summed E-state index contributed by atoms with van der Waals surface area (Å²) in [6.07, 6.45) is -4.33. The van der Waals surface area contributed by atoms with Gasteiger partial charge < -0.3 is 36.2 Å². The molecule has 1 aliphatic rings. The van der Waals surface area contributed by atoms with Crippen LogP contribution in [0.2, 0.25) is 0 Å². The van der Waals surface area contributed by atoms with Crippen molar-refractivity contribution in [2.75, 3.05) is 12.3 Å². The van der Waals surface area contributed by atoms with Gasteiger partial charge in [0.1, 0.15) is 24.1 Å². The molecule has 0 unspecified atom stereocenters. The molecule has 13 heteroatoms. The Morgan fingerprint density at radius 2 is 2.09 bits per heavy atom. The number of anilines is 1. The van der Waals surface area contributed by atoms with E-state index in [9.17, 15) is 19.6 Å². The first-order chi connectivity index (χ1) is 10.1. The SMILES string of the molecule is NC(=O)c1ncn([C@H]2O[C@@H](COP(=O)(O)O)[C@@H](O)[C@@H]2O)c1N. The lowest BCUT2D eigenvalue weighted by atomic mass is 10.1. The molecule has 1 fully saturated rings. The Hall–Kier alpha value is -1.53. The van der Waals surface area contributed by atoms with E-state index in [1.54, 1.807) is 0 Å². The van der Waals surface area contributed by atoms with Crippen molar-refractivity contribution in [3.63, 3.8) is 0 Å². The first kappa shape index (κ1) is 16.8. The number of hydrogen-bond acceptors (Lipinski definition) is 8. The fraction of sp³-hybridized carbons (Fsp3) is 0.556. The van der Waals surface area contributed by atoms with Crippen molar-refractivity contribution in [1.29, 1.82) is 0 Å². The molecule has 1 aromatic heterocycles. The van der Waals surface area contributed by atoms with Gasteiger partial charge in [-0.25, -0.2) is 9.55 Å². The molecule has 12 nitrogen and oxygen atoms in total. The minimum absolute atomic E-state index is 0.180. The van der Waals surface area contributed by atoms with Crippen LogP contribution in [0, 0.1) is 0 Å². The average molecular weight is 338 g/mol. The summed E-state index contributed by atoms with van der Waals surface area (Å²) in [5.41, 5.74) is 10.5. The van der Waals surface area contributed by atoms with Gasteiger partial charge in [-0.2, -0.15) is 0 Å². The Kier molecular flexibility index (Phi) is 4.54. The van der Waals surface area contributed by atoms with Crippen LogP contribution < -0.4 is 11.5 Å². The largest absolute Gasteiger partial charge is 0.469 e. The smallest absolute Gasteiger partial charge is 0.387 e. The number of rotatable bonds is 5. The number of hydrogen-bond donors (Lipinski definition) is 6. The van der Waals surface area contributed by atoms with Gasteiger partial charge in [0.05, 0.1) is 12.9 Å². The van der Waals surface area contributed by atoms with Crippen LogP contribution in [0.3, 0.4) is 0 Å². The van der Waals surface area contributed by atoms with Crippen LogP contribution in [0.4, 0.5) is 5.82 Å². The van der Waals surface area contributed by atoms with Gasteiger partial charge in [-0.05, 0) is 0 Å². The van der Waals surface area contributed by atoms with Crippen LogP contribution in [0.25, 0.3) is 0 Å². The van der Waals surface area contributed by atoms with E-state index >= 15 is 0 Å². The first-order valence-corrected chi connectivity index (χ1v) is 7.48. The maximum atomic E-state index is 11.1. The normalized spacial score (nSPS) is 28.9. The Bertz CT molecular complexity index is 615. The fourth-order valence-corrected chi connectivity index (χ4v) is 2.37. The van der Waals surface area contributed by atoms with Crippen molar-refractivity contribution in [3.05, 3.63) is 12.0 Å². The summed E-state index contributed by atoms with van der Waals surface area (Å²) in [4.78, 5) is 32.0. The first-order valence-electron chi connectivity index (χ1n) is 5.95. The zero-order valence-corrected chi connectivity index (χ0v) is 11.9. The van der Waals surface area contributed by atoms with E-state index < -0.39 is 44.9 Å². The Morgan fingerprint density at radius 1 is 1.45 bits per heavy atom. The third kappa shape index (κ3) is 3.28. The Labute approximate surface area is 123 Å². The van der Waals surface area contributed by atoms with Crippen molar-refractivity contribution in [3.8, 4) is 0 Å². The highest BCUT2D eigenvalue weighted by atomic mass is 31.2. The van der Waals surface area contributed by atoms with Crippen molar-refractivity contribution >= 4 is 19.5 Å². The van der Waals surface area contributed by atoms with Gasteiger partial charge in [0.25, 0.3) is 5.91 Å². The number of ether oxygens (including phenoxy) is 1. The second kappa shape index (κ2) is 5.93. The average Bonchev–Trinajstić information content (AvgIpc) is 2.90. The number of aliphatic hydroxyl groups is 2. The molecule has 124 valence electrons. The zero-order valence-electron chi connectivity index (χ0n) is 11.0. The van der Waals surface area contributed by atoms with Gasteiger partial charge in [0.15, 0.2) is 11.9 Å². The number of aromatic nitrogens is 2. The summed E-state index contributed by atoms with van der Waals surface area (Å²) in [6, 6.07) is 0. The lowest BCUT2D eigenvalue weighted by Gasteiger charge is -2.17. The highest BCUT2D eigenvalue weighted by Crippen LogP contribution is 2.38. The number of carbonyl (C=O) groups is 1. The van der Waals surface area contributed by atoms with E-state index in [1.807, 2.05) is 0 Å². The second-order valence-electron chi connectivity index (χ2n) is 4.58. The van der Waals surface area contributed by atoms with Crippen molar-refractivity contribution in [1.82, 2.24) is 9.55 Å². The third-order valence-electron chi connectivity index (χ3n) is 3.08. The molecule has 0 bridgehead atoms. The number of aliphatic hydroxyl groups excluding tert-OH is 2. The molecular weight excluding hydrogens is 323 g/mol. The van der Waals surface area contributed by atoms with Gasteiger partial charge in [0, 0.05) is 0 Å². The summed E-state index contributed by atoms with van der Waals surface area (Å²) in [5.74, 6) is -1.06. The summed E-state index contributed by atoms with van der Waals surface area (Å²) in [5, 5.41) is 19.8. The predicted molar refractivity (Wildman–Crippen MR) is 69.1 cm³/mol. The van der Waals surface area contributed by atoms with E-state index in [-0.39, 0.29) is 11.5 Å². The summed E-state index contributed by atoms with van der Waals surface area (Å²) in [6.45, 7) is -0.656. The fourth-order valence-electron chi connectivity index (χ4n) is 2.03. The van der Waals surface area contributed by atoms with E-state index in [1.165, 1.54) is 0 Å². The number of phosphoric acid groups is 1. The molecule has 2 heterocycles. The molecule has 2 rings (SSSR count). The number of primary amides is 1. The van der Waals surface area contributed by atoms with Gasteiger partial charge in [-0.1, -0.05) is 0 Å². The van der Waals surface area contributed by atoms with Crippen molar-refractivity contribution < 1.29 is 38.6 Å². The van der Waals surface area contributed by atoms with E-state index in [4.69, 9.17) is 26.0 Å². The maximum Gasteiger partial charge on any atom is 0.469 e. The topological polar surface area (TPSA) is 203 Å². The number of imidazole rings is 1. The summed E-state index contributed by atoms with van der Waals surface area (Å²) >= 11 is 0. The molecule has 0 radical (unpaired) electrons. The lowest BCUT2D eigenvalue weighted by molar-refractivity contribution is -0.0510. The van der Waals surface area contributed by atoms with Crippen LogP contribution >= 0.6 is 7.82 Å². The number of nitrogens with zero attached hydrogens (tertiary/aromatic N) is 2. The van der Waals surface area contributed by atoms with Crippen LogP contribution in [-0.2, 0) is 13.8 Å². The standard InChI is InChI=1S/C9H15N4O8P/c10-7-4(8(11)16)12-2-13(7)9-6(15)5(14)3(21-9)1-20-22(17,18)19/h2-3,5-6,9,14-15H,1,10H2,(H2,11,16)(H2,17,18,19)/t3-,5+,6-,9-/m0/s1. The minimum Gasteiger partial charge on any atom is -0.387 e. The highest BCUT2D eigenvalue weighted by Gasteiger charge is 2.45. The van der Waals surface area contributed by atoms with Crippen LogP contribution in [-0.4, -0.2) is 60.4 Å². The molecule has 22 heavy (non-hydrogen) atoms. The molecule has 0 aliphatic carbocycles. The number of nitrogen functional groups attached to an aromatic ring is 1. The Balaban J connectivity index is 2.16. The third-order valence-corrected chi connectivity index (χ3v) is 3.57. The molecule has 1 aliphatic heterocycles. The number of carbonyl (C=O) groups excluding carboxylic acids is 1. The van der Waals surface area contributed by atoms with Gasteiger partial charge in [-0.15, -0.1) is 0 Å². The lowest BCUT2D eigenvalue weighted by Crippen LogP contribution is -2.33. The van der Waals surface area contributed by atoms with Crippen LogP contribution in [0.5, 0.6) is 0 Å². The van der Waals surface area contributed by atoms with E-state index in [0.717, 1.165) is 10.9 Å². The second-order valence-corrected chi connectivity index (χ2v) is 5.82. The molecule has 0 aromatic carbocycles. The number of nitrogens with two attached hydrogens (primary N) is 2. The zero-order chi connectivity index (χ0) is 16.7.